The Morgan fingerprint density at radius 1 is 1.00 bits per heavy atom. The Balaban J connectivity index is 2.62. The molecule has 0 aromatic heterocycles. The Hall–Kier alpha value is -0.910. The van der Waals surface area contributed by atoms with Crippen LogP contribution in [0.2, 0.25) is 0 Å². The maximum Gasteiger partial charge on any atom is 0.240 e. The molecule has 0 aliphatic rings. The largest absolute Gasteiger partial charge is 0.313 e. The number of hydrogen-bond acceptors (Lipinski definition) is 3. The third-order valence-electron chi connectivity index (χ3n) is 2.83. The highest BCUT2D eigenvalue weighted by molar-refractivity contribution is 7.89. The molecular formula is C14H24N2O2S. The summed E-state index contributed by atoms with van der Waals surface area (Å²) in [5.41, 5.74) is 1.14. The predicted octanol–water partition coefficient (Wildman–Crippen LogP) is 2.09. The van der Waals surface area contributed by atoms with Gasteiger partial charge < -0.3 is 5.32 Å². The summed E-state index contributed by atoms with van der Waals surface area (Å²) in [6, 6.07) is 7.41. The standard InChI is InChI=1S/C14H24N2O2S/c1-11(2)13-5-7-14(8-6-13)19(17,18)16-10-9-15-12(3)4/h5-8,11-12,15-16H,9-10H2,1-4H3. The minimum atomic E-state index is -3.39. The molecule has 0 bridgehead atoms. The summed E-state index contributed by atoms with van der Waals surface area (Å²) in [4.78, 5) is 0.321. The van der Waals surface area contributed by atoms with Gasteiger partial charge in [0.2, 0.25) is 10.0 Å². The summed E-state index contributed by atoms with van der Waals surface area (Å²) < 4.78 is 26.6. The summed E-state index contributed by atoms with van der Waals surface area (Å²) in [7, 11) is -3.39. The molecule has 0 saturated carbocycles. The van der Waals surface area contributed by atoms with Crippen molar-refractivity contribution in [2.75, 3.05) is 13.1 Å². The van der Waals surface area contributed by atoms with Crippen LogP contribution in [-0.2, 0) is 10.0 Å². The second kappa shape index (κ2) is 7.03. The van der Waals surface area contributed by atoms with Crippen LogP contribution in [0.15, 0.2) is 29.2 Å². The van der Waals surface area contributed by atoms with Gasteiger partial charge in [0.05, 0.1) is 4.90 Å². The van der Waals surface area contributed by atoms with Crippen molar-refractivity contribution in [2.45, 2.75) is 44.6 Å². The monoisotopic (exact) mass is 284 g/mol. The first-order chi connectivity index (χ1) is 8.83. The average molecular weight is 284 g/mol. The first-order valence-corrected chi connectivity index (χ1v) is 8.14. The van der Waals surface area contributed by atoms with Crippen molar-refractivity contribution in [3.8, 4) is 0 Å². The Kier molecular flexibility index (Phi) is 5.97. The molecule has 0 saturated heterocycles. The van der Waals surface area contributed by atoms with Gasteiger partial charge in [-0.1, -0.05) is 39.8 Å². The van der Waals surface area contributed by atoms with Gasteiger partial charge >= 0.3 is 0 Å². The highest BCUT2D eigenvalue weighted by Gasteiger charge is 2.13. The molecule has 0 unspecified atom stereocenters. The maximum absolute atomic E-state index is 12.0. The molecule has 0 atom stereocenters. The Labute approximate surface area is 116 Å². The van der Waals surface area contributed by atoms with E-state index in [1.54, 1.807) is 12.1 Å². The van der Waals surface area contributed by atoms with E-state index in [4.69, 9.17) is 0 Å². The first kappa shape index (κ1) is 16.1. The lowest BCUT2D eigenvalue weighted by molar-refractivity contribution is 0.559. The summed E-state index contributed by atoms with van der Waals surface area (Å²) in [5, 5.41) is 3.17. The molecule has 1 aromatic carbocycles. The molecule has 0 fully saturated rings. The van der Waals surface area contributed by atoms with E-state index in [1.165, 1.54) is 0 Å². The highest BCUT2D eigenvalue weighted by atomic mass is 32.2. The number of benzene rings is 1. The van der Waals surface area contributed by atoms with E-state index < -0.39 is 10.0 Å². The van der Waals surface area contributed by atoms with Crippen LogP contribution in [0, 0.1) is 0 Å². The molecule has 0 spiro atoms. The molecule has 5 heteroatoms. The zero-order valence-corrected chi connectivity index (χ0v) is 12.9. The van der Waals surface area contributed by atoms with Gasteiger partial charge in [-0.3, -0.25) is 0 Å². The van der Waals surface area contributed by atoms with Gasteiger partial charge in [0.25, 0.3) is 0 Å². The van der Waals surface area contributed by atoms with Gasteiger partial charge in [-0.25, -0.2) is 13.1 Å². The van der Waals surface area contributed by atoms with E-state index in [2.05, 4.69) is 23.9 Å². The smallest absolute Gasteiger partial charge is 0.240 e. The molecule has 0 aliphatic heterocycles. The zero-order chi connectivity index (χ0) is 14.5. The molecule has 1 aromatic rings. The lowest BCUT2D eigenvalue weighted by Crippen LogP contribution is -2.34. The van der Waals surface area contributed by atoms with E-state index in [0.717, 1.165) is 5.56 Å². The second-order valence-electron chi connectivity index (χ2n) is 5.23. The van der Waals surface area contributed by atoms with Gasteiger partial charge in [-0.2, -0.15) is 0 Å². The summed E-state index contributed by atoms with van der Waals surface area (Å²) in [6.45, 7) is 9.24. The first-order valence-electron chi connectivity index (χ1n) is 6.66. The number of hydrogen-bond donors (Lipinski definition) is 2. The van der Waals surface area contributed by atoms with Gasteiger partial charge in [-0.15, -0.1) is 0 Å². The summed E-state index contributed by atoms with van der Waals surface area (Å²) >= 11 is 0. The van der Waals surface area contributed by atoms with Gasteiger partial charge in [-0.05, 0) is 23.6 Å². The van der Waals surface area contributed by atoms with Crippen LogP contribution in [0.4, 0.5) is 0 Å². The third-order valence-corrected chi connectivity index (χ3v) is 4.30. The summed E-state index contributed by atoms with van der Waals surface area (Å²) in [6.07, 6.45) is 0. The van der Waals surface area contributed by atoms with Crippen molar-refractivity contribution in [3.63, 3.8) is 0 Å². The van der Waals surface area contributed by atoms with Crippen molar-refractivity contribution >= 4 is 10.0 Å². The van der Waals surface area contributed by atoms with Crippen molar-refractivity contribution in [1.29, 1.82) is 0 Å². The van der Waals surface area contributed by atoms with Gasteiger partial charge in [0.15, 0.2) is 0 Å². The molecule has 2 N–H and O–H groups in total. The summed E-state index contributed by atoms with van der Waals surface area (Å²) in [5.74, 6) is 0.403. The predicted molar refractivity (Wildman–Crippen MR) is 78.9 cm³/mol. The van der Waals surface area contributed by atoms with Crippen molar-refractivity contribution in [1.82, 2.24) is 10.0 Å². The van der Waals surface area contributed by atoms with E-state index in [0.29, 0.717) is 29.9 Å². The lowest BCUT2D eigenvalue weighted by Gasteiger charge is -2.11. The van der Waals surface area contributed by atoms with E-state index >= 15 is 0 Å². The molecule has 1 rings (SSSR count). The van der Waals surface area contributed by atoms with Crippen LogP contribution in [0.3, 0.4) is 0 Å². The van der Waals surface area contributed by atoms with E-state index in [-0.39, 0.29) is 0 Å². The quantitative estimate of drug-likeness (QED) is 0.754. The van der Waals surface area contributed by atoms with Crippen molar-refractivity contribution in [2.24, 2.45) is 0 Å². The molecule has 0 amide bonds. The molecule has 108 valence electrons. The van der Waals surface area contributed by atoms with Crippen molar-refractivity contribution in [3.05, 3.63) is 29.8 Å². The SMILES string of the molecule is CC(C)NCCNS(=O)(=O)c1ccc(C(C)C)cc1. The number of sulfonamides is 1. The van der Waals surface area contributed by atoms with Gasteiger partial charge in [0, 0.05) is 19.1 Å². The Morgan fingerprint density at radius 2 is 1.58 bits per heavy atom. The number of nitrogens with one attached hydrogen (secondary N) is 2. The molecular weight excluding hydrogens is 260 g/mol. The highest BCUT2D eigenvalue weighted by Crippen LogP contribution is 2.16. The van der Waals surface area contributed by atoms with Gasteiger partial charge in [0.1, 0.15) is 0 Å². The fourth-order valence-corrected chi connectivity index (χ4v) is 2.69. The van der Waals surface area contributed by atoms with Crippen LogP contribution in [0.25, 0.3) is 0 Å². The van der Waals surface area contributed by atoms with E-state index in [1.807, 2.05) is 26.0 Å². The number of rotatable bonds is 7. The fourth-order valence-electron chi connectivity index (χ4n) is 1.66. The van der Waals surface area contributed by atoms with E-state index in [9.17, 15) is 8.42 Å². The second-order valence-corrected chi connectivity index (χ2v) is 7.00. The molecule has 0 heterocycles. The third kappa shape index (κ3) is 5.30. The topological polar surface area (TPSA) is 58.2 Å². The minimum Gasteiger partial charge on any atom is -0.313 e. The molecule has 4 nitrogen and oxygen atoms in total. The normalized spacial score (nSPS) is 12.3. The Bertz CT molecular complexity index is 479. The van der Waals surface area contributed by atoms with Crippen LogP contribution in [0.5, 0.6) is 0 Å². The van der Waals surface area contributed by atoms with Crippen LogP contribution >= 0.6 is 0 Å². The van der Waals surface area contributed by atoms with Crippen molar-refractivity contribution < 1.29 is 8.42 Å². The Morgan fingerprint density at radius 3 is 2.05 bits per heavy atom. The maximum atomic E-state index is 12.0. The molecule has 0 aliphatic carbocycles. The van der Waals surface area contributed by atoms with Crippen LogP contribution in [0.1, 0.15) is 39.2 Å². The lowest BCUT2D eigenvalue weighted by atomic mass is 10.0. The zero-order valence-electron chi connectivity index (χ0n) is 12.1. The molecule has 19 heavy (non-hydrogen) atoms. The van der Waals surface area contributed by atoms with Crippen LogP contribution in [-0.4, -0.2) is 27.5 Å². The molecule has 0 radical (unpaired) electrons. The average Bonchev–Trinajstić information content (AvgIpc) is 2.34. The fraction of sp³-hybridized carbons (Fsp3) is 0.571. The minimum absolute atomic E-state index is 0.321. The van der Waals surface area contributed by atoms with Crippen LogP contribution < -0.4 is 10.0 Å².